The molecule has 1 fully saturated rings. The van der Waals surface area contributed by atoms with Gasteiger partial charge in [0.25, 0.3) is 5.91 Å². The second-order valence-electron chi connectivity index (χ2n) is 3.01. The molecule has 1 unspecified atom stereocenters. The Labute approximate surface area is 77.9 Å². The maximum absolute atomic E-state index is 11.2. The number of carbonyl (C=O) groups excluding carboxylic acids is 1. The summed E-state index contributed by atoms with van der Waals surface area (Å²) in [5, 5.41) is 0. The third-order valence-corrected chi connectivity index (χ3v) is 2.00. The molecule has 0 radical (unpaired) electrons. The standard InChI is InChI=1S/C9H15NO3/c1-3-7(2)9(11)10-13-8-4-5-12-6-8/h3,8H,4-6H2,1-2H3,(H,10,11)/b7-3-. The fraction of sp³-hybridized carbons (Fsp3) is 0.667. The van der Waals surface area contributed by atoms with Crippen LogP contribution in [0.4, 0.5) is 0 Å². The van der Waals surface area contributed by atoms with Crippen molar-refractivity contribution in [3.8, 4) is 0 Å². The molecule has 0 aliphatic carbocycles. The molecule has 1 aliphatic rings. The Morgan fingerprint density at radius 2 is 2.46 bits per heavy atom. The van der Waals surface area contributed by atoms with Crippen LogP contribution in [-0.4, -0.2) is 25.2 Å². The van der Waals surface area contributed by atoms with Gasteiger partial charge in [-0.15, -0.1) is 0 Å². The van der Waals surface area contributed by atoms with Crippen LogP contribution in [0.25, 0.3) is 0 Å². The van der Waals surface area contributed by atoms with E-state index in [1.807, 2.05) is 6.92 Å². The molecule has 0 saturated carbocycles. The van der Waals surface area contributed by atoms with Crippen LogP contribution < -0.4 is 5.48 Å². The lowest BCUT2D eigenvalue weighted by Crippen LogP contribution is -2.30. The predicted octanol–water partition coefficient (Wildman–Crippen LogP) is 0.789. The number of hydroxylamine groups is 1. The van der Waals surface area contributed by atoms with Crippen molar-refractivity contribution >= 4 is 5.91 Å². The van der Waals surface area contributed by atoms with Crippen molar-refractivity contribution in [3.05, 3.63) is 11.6 Å². The smallest absolute Gasteiger partial charge is 0.270 e. The van der Waals surface area contributed by atoms with Gasteiger partial charge in [0.1, 0.15) is 6.10 Å². The monoisotopic (exact) mass is 185 g/mol. The summed E-state index contributed by atoms with van der Waals surface area (Å²) in [6.07, 6.45) is 2.59. The molecule has 1 amide bonds. The molecule has 4 heteroatoms. The first kappa shape index (κ1) is 10.2. The van der Waals surface area contributed by atoms with Crippen LogP contribution in [0.1, 0.15) is 20.3 Å². The molecular formula is C9H15NO3. The summed E-state index contributed by atoms with van der Waals surface area (Å²) < 4.78 is 5.09. The zero-order valence-electron chi connectivity index (χ0n) is 8.00. The molecule has 0 aromatic carbocycles. The van der Waals surface area contributed by atoms with Gasteiger partial charge in [0, 0.05) is 18.6 Å². The van der Waals surface area contributed by atoms with Crippen molar-refractivity contribution < 1.29 is 14.4 Å². The zero-order chi connectivity index (χ0) is 9.68. The molecule has 1 aliphatic heterocycles. The molecule has 0 aromatic rings. The number of amides is 1. The van der Waals surface area contributed by atoms with Crippen molar-refractivity contribution in [1.82, 2.24) is 5.48 Å². The molecule has 4 nitrogen and oxygen atoms in total. The minimum absolute atomic E-state index is 0.00797. The Morgan fingerprint density at radius 1 is 1.69 bits per heavy atom. The van der Waals surface area contributed by atoms with E-state index >= 15 is 0 Å². The fourth-order valence-electron chi connectivity index (χ4n) is 0.954. The van der Waals surface area contributed by atoms with Gasteiger partial charge >= 0.3 is 0 Å². The van der Waals surface area contributed by atoms with E-state index in [1.165, 1.54) is 0 Å². The molecule has 1 heterocycles. The largest absolute Gasteiger partial charge is 0.379 e. The summed E-state index contributed by atoms with van der Waals surface area (Å²) >= 11 is 0. The molecule has 0 bridgehead atoms. The van der Waals surface area contributed by atoms with Gasteiger partial charge in [-0.25, -0.2) is 5.48 Å². The summed E-state index contributed by atoms with van der Waals surface area (Å²) in [4.78, 5) is 16.3. The van der Waals surface area contributed by atoms with E-state index in [4.69, 9.17) is 9.57 Å². The molecule has 1 atom stereocenters. The minimum Gasteiger partial charge on any atom is -0.379 e. The van der Waals surface area contributed by atoms with Gasteiger partial charge in [0.2, 0.25) is 0 Å². The Morgan fingerprint density at radius 3 is 3.00 bits per heavy atom. The summed E-state index contributed by atoms with van der Waals surface area (Å²) in [5.74, 6) is -0.186. The van der Waals surface area contributed by atoms with E-state index in [2.05, 4.69) is 5.48 Å². The number of ether oxygens (including phenoxy) is 1. The Kier molecular flexibility index (Phi) is 3.92. The Bertz CT molecular complexity index is 207. The van der Waals surface area contributed by atoms with Crippen LogP contribution in [0, 0.1) is 0 Å². The minimum atomic E-state index is -0.186. The maximum Gasteiger partial charge on any atom is 0.270 e. The van der Waals surface area contributed by atoms with E-state index in [1.54, 1.807) is 13.0 Å². The first-order valence-electron chi connectivity index (χ1n) is 4.40. The fourth-order valence-corrected chi connectivity index (χ4v) is 0.954. The van der Waals surface area contributed by atoms with Crippen LogP contribution in [-0.2, 0) is 14.4 Å². The van der Waals surface area contributed by atoms with Crippen molar-refractivity contribution in [2.24, 2.45) is 0 Å². The molecular weight excluding hydrogens is 170 g/mol. The van der Waals surface area contributed by atoms with Crippen molar-refractivity contribution in [2.45, 2.75) is 26.4 Å². The molecule has 0 spiro atoms. The lowest BCUT2D eigenvalue weighted by atomic mass is 10.3. The number of hydrogen-bond donors (Lipinski definition) is 1. The highest BCUT2D eigenvalue weighted by molar-refractivity contribution is 5.91. The lowest BCUT2D eigenvalue weighted by Gasteiger charge is -2.09. The van der Waals surface area contributed by atoms with Crippen LogP contribution in [0.3, 0.4) is 0 Å². The highest BCUT2D eigenvalue weighted by atomic mass is 16.7. The molecule has 0 aromatic heterocycles. The van der Waals surface area contributed by atoms with Crippen molar-refractivity contribution in [3.63, 3.8) is 0 Å². The van der Waals surface area contributed by atoms with E-state index in [0.717, 1.165) is 6.42 Å². The van der Waals surface area contributed by atoms with Crippen LogP contribution >= 0.6 is 0 Å². The summed E-state index contributed by atoms with van der Waals surface area (Å²) in [7, 11) is 0. The van der Waals surface area contributed by atoms with E-state index in [0.29, 0.717) is 18.8 Å². The third-order valence-electron chi connectivity index (χ3n) is 2.00. The van der Waals surface area contributed by atoms with Gasteiger partial charge in [-0.3, -0.25) is 9.63 Å². The van der Waals surface area contributed by atoms with Gasteiger partial charge in [-0.2, -0.15) is 0 Å². The van der Waals surface area contributed by atoms with Gasteiger partial charge in [0.15, 0.2) is 0 Å². The van der Waals surface area contributed by atoms with Crippen molar-refractivity contribution in [2.75, 3.05) is 13.2 Å². The first-order valence-corrected chi connectivity index (χ1v) is 4.40. The van der Waals surface area contributed by atoms with Gasteiger partial charge < -0.3 is 4.74 Å². The van der Waals surface area contributed by atoms with Gasteiger partial charge in [-0.1, -0.05) is 6.08 Å². The number of allylic oxidation sites excluding steroid dienone is 1. The zero-order valence-corrected chi connectivity index (χ0v) is 8.00. The summed E-state index contributed by atoms with van der Waals surface area (Å²) in [6, 6.07) is 0. The number of carbonyl (C=O) groups is 1. The highest BCUT2D eigenvalue weighted by Crippen LogP contribution is 2.06. The van der Waals surface area contributed by atoms with Crippen LogP contribution in [0.2, 0.25) is 0 Å². The average molecular weight is 185 g/mol. The Hall–Kier alpha value is -0.870. The summed E-state index contributed by atoms with van der Waals surface area (Å²) in [5.41, 5.74) is 3.04. The van der Waals surface area contributed by atoms with E-state index in [9.17, 15) is 4.79 Å². The SMILES string of the molecule is C/C=C(/C)C(=O)NOC1CCOC1. The van der Waals surface area contributed by atoms with Crippen LogP contribution in [0.15, 0.2) is 11.6 Å². The second kappa shape index (κ2) is 4.99. The lowest BCUT2D eigenvalue weighted by molar-refractivity contribution is -0.134. The molecule has 1 N–H and O–H groups in total. The molecule has 1 rings (SSSR count). The van der Waals surface area contributed by atoms with Crippen molar-refractivity contribution in [1.29, 1.82) is 0 Å². The summed E-state index contributed by atoms with van der Waals surface area (Å²) in [6.45, 7) is 4.83. The maximum atomic E-state index is 11.2. The number of nitrogens with one attached hydrogen (secondary N) is 1. The average Bonchev–Trinajstić information content (AvgIpc) is 2.65. The van der Waals surface area contributed by atoms with Crippen LogP contribution in [0.5, 0.6) is 0 Å². The second-order valence-corrected chi connectivity index (χ2v) is 3.01. The molecule has 74 valence electrons. The van der Waals surface area contributed by atoms with Gasteiger partial charge in [-0.05, 0) is 13.8 Å². The first-order chi connectivity index (χ1) is 6.24. The third kappa shape index (κ3) is 3.16. The Balaban J connectivity index is 2.21. The normalized spacial score (nSPS) is 23.2. The van der Waals surface area contributed by atoms with E-state index < -0.39 is 0 Å². The highest BCUT2D eigenvalue weighted by Gasteiger charge is 2.17. The molecule has 13 heavy (non-hydrogen) atoms. The van der Waals surface area contributed by atoms with E-state index in [-0.39, 0.29) is 12.0 Å². The number of hydrogen-bond acceptors (Lipinski definition) is 3. The molecule has 1 saturated heterocycles. The quantitative estimate of drug-likeness (QED) is 0.522. The topological polar surface area (TPSA) is 47.6 Å². The number of rotatable bonds is 3. The van der Waals surface area contributed by atoms with Gasteiger partial charge in [0.05, 0.1) is 6.61 Å². The predicted molar refractivity (Wildman–Crippen MR) is 47.9 cm³/mol.